The molecular formula is C15H32N2. The van der Waals surface area contributed by atoms with E-state index in [2.05, 4.69) is 32.6 Å². The summed E-state index contributed by atoms with van der Waals surface area (Å²) in [6.07, 6.45) is 8.30. The second-order valence-corrected chi connectivity index (χ2v) is 6.16. The first-order valence-electron chi connectivity index (χ1n) is 7.53. The van der Waals surface area contributed by atoms with Crippen LogP contribution in [0, 0.1) is 5.92 Å². The summed E-state index contributed by atoms with van der Waals surface area (Å²) >= 11 is 0. The van der Waals surface area contributed by atoms with Crippen molar-refractivity contribution in [3.05, 3.63) is 0 Å². The number of nitrogens with zero attached hydrogens (tertiary/aromatic N) is 1. The summed E-state index contributed by atoms with van der Waals surface area (Å²) < 4.78 is 0. The zero-order valence-electron chi connectivity index (χ0n) is 12.3. The fourth-order valence-electron chi connectivity index (χ4n) is 3.34. The van der Waals surface area contributed by atoms with Crippen LogP contribution in [-0.2, 0) is 0 Å². The van der Waals surface area contributed by atoms with Gasteiger partial charge in [0.1, 0.15) is 0 Å². The molecule has 2 heteroatoms. The SMILES string of the molecule is CCN(CC)C(C)(C)C(N)CCC1CCCC1. The second-order valence-electron chi connectivity index (χ2n) is 6.16. The standard InChI is InChI=1S/C15H32N2/c1-5-17(6-2)15(3,4)14(16)12-11-13-9-7-8-10-13/h13-14H,5-12,16H2,1-4H3. The first-order valence-corrected chi connectivity index (χ1v) is 7.53. The first kappa shape index (κ1) is 15.0. The number of rotatable bonds is 7. The van der Waals surface area contributed by atoms with Crippen LogP contribution in [0.1, 0.15) is 66.2 Å². The molecule has 0 spiro atoms. The van der Waals surface area contributed by atoms with Crippen LogP contribution in [-0.4, -0.2) is 29.6 Å². The van der Waals surface area contributed by atoms with Crippen LogP contribution < -0.4 is 5.73 Å². The molecule has 0 aromatic carbocycles. The van der Waals surface area contributed by atoms with Crippen molar-refractivity contribution in [2.24, 2.45) is 11.7 Å². The van der Waals surface area contributed by atoms with Gasteiger partial charge in [-0.15, -0.1) is 0 Å². The molecule has 1 aliphatic rings. The molecule has 1 unspecified atom stereocenters. The van der Waals surface area contributed by atoms with Crippen molar-refractivity contribution in [1.82, 2.24) is 4.90 Å². The summed E-state index contributed by atoms with van der Waals surface area (Å²) in [6, 6.07) is 0.308. The van der Waals surface area contributed by atoms with Crippen molar-refractivity contribution in [2.45, 2.75) is 77.8 Å². The zero-order chi connectivity index (χ0) is 12.9. The normalized spacial score (nSPS) is 20.1. The molecule has 0 radical (unpaired) electrons. The molecule has 17 heavy (non-hydrogen) atoms. The van der Waals surface area contributed by atoms with Crippen LogP contribution in [0.25, 0.3) is 0 Å². The average Bonchev–Trinajstić information content (AvgIpc) is 2.79. The highest BCUT2D eigenvalue weighted by Gasteiger charge is 2.31. The second kappa shape index (κ2) is 6.75. The van der Waals surface area contributed by atoms with E-state index in [1.54, 1.807) is 0 Å². The quantitative estimate of drug-likeness (QED) is 0.739. The largest absolute Gasteiger partial charge is 0.326 e. The van der Waals surface area contributed by atoms with Gasteiger partial charge in [-0.3, -0.25) is 4.90 Å². The molecule has 2 N–H and O–H groups in total. The maximum atomic E-state index is 6.44. The van der Waals surface area contributed by atoms with E-state index in [1.807, 2.05) is 0 Å². The Morgan fingerprint density at radius 3 is 2.18 bits per heavy atom. The molecule has 0 amide bonds. The van der Waals surface area contributed by atoms with Gasteiger partial charge in [0.25, 0.3) is 0 Å². The first-order chi connectivity index (χ1) is 8.02. The highest BCUT2D eigenvalue weighted by Crippen LogP contribution is 2.30. The molecule has 0 bridgehead atoms. The molecule has 0 heterocycles. The third kappa shape index (κ3) is 3.96. The molecule has 0 aromatic rings. The Bertz CT molecular complexity index is 203. The monoisotopic (exact) mass is 240 g/mol. The zero-order valence-corrected chi connectivity index (χ0v) is 12.3. The summed E-state index contributed by atoms with van der Waals surface area (Å²) in [5.41, 5.74) is 6.58. The van der Waals surface area contributed by atoms with Crippen molar-refractivity contribution in [1.29, 1.82) is 0 Å². The molecule has 1 aliphatic carbocycles. The Morgan fingerprint density at radius 1 is 1.18 bits per heavy atom. The van der Waals surface area contributed by atoms with Crippen molar-refractivity contribution in [3.8, 4) is 0 Å². The number of likely N-dealkylation sites (N-methyl/N-ethyl adjacent to an activating group) is 1. The van der Waals surface area contributed by atoms with E-state index in [-0.39, 0.29) is 5.54 Å². The summed E-state index contributed by atoms with van der Waals surface area (Å²) in [6.45, 7) is 11.3. The lowest BCUT2D eigenvalue weighted by molar-refractivity contribution is 0.100. The summed E-state index contributed by atoms with van der Waals surface area (Å²) in [5, 5.41) is 0. The molecule has 1 saturated carbocycles. The van der Waals surface area contributed by atoms with Crippen molar-refractivity contribution in [2.75, 3.05) is 13.1 Å². The number of nitrogens with two attached hydrogens (primary N) is 1. The third-order valence-corrected chi connectivity index (χ3v) is 4.85. The predicted octanol–water partition coefficient (Wildman–Crippen LogP) is 3.40. The summed E-state index contributed by atoms with van der Waals surface area (Å²) in [5.74, 6) is 0.966. The van der Waals surface area contributed by atoms with Crippen LogP contribution in [0.5, 0.6) is 0 Å². The van der Waals surface area contributed by atoms with E-state index in [4.69, 9.17) is 5.73 Å². The van der Waals surface area contributed by atoms with E-state index in [0.29, 0.717) is 6.04 Å². The van der Waals surface area contributed by atoms with Gasteiger partial charge in [0, 0.05) is 11.6 Å². The van der Waals surface area contributed by atoms with Gasteiger partial charge < -0.3 is 5.73 Å². The van der Waals surface area contributed by atoms with Gasteiger partial charge in [0.05, 0.1) is 0 Å². The van der Waals surface area contributed by atoms with Gasteiger partial charge >= 0.3 is 0 Å². The summed E-state index contributed by atoms with van der Waals surface area (Å²) in [4.78, 5) is 2.49. The third-order valence-electron chi connectivity index (χ3n) is 4.85. The van der Waals surface area contributed by atoms with Crippen LogP contribution in [0.4, 0.5) is 0 Å². The predicted molar refractivity (Wildman–Crippen MR) is 76.2 cm³/mol. The fourth-order valence-corrected chi connectivity index (χ4v) is 3.34. The van der Waals surface area contributed by atoms with Crippen LogP contribution in [0.3, 0.4) is 0 Å². The lowest BCUT2D eigenvalue weighted by Gasteiger charge is -2.42. The van der Waals surface area contributed by atoms with Crippen LogP contribution in [0.15, 0.2) is 0 Å². The van der Waals surface area contributed by atoms with Gasteiger partial charge in [0.15, 0.2) is 0 Å². The van der Waals surface area contributed by atoms with Gasteiger partial charge in [-0.1, -0.05) is 39.5 Å². The van der Waals surface area contributed by atoms with Crippen LogP contribution in [0.2, 0.25) is 0 Å². The molecular weight excluding hydrogens is 208 g/mol. The van der Waals surface area contributed by atoms with E-state index < -0.39 is 0 Å². The Morgan fingerprint density at radius 2 is 1.71 bits per heavy atom. The fraction of sp³-hybridized carbons (Fsp3) is 1.00. The van der Waals surface area contributed by atoms with E-state index in [0.717, 1.165) is 19.0 Å². The minimum Gasteiger partial charge on any atom is -0.326 e. The van der Waals surface area contributed by atoms with Gasteiger partial charge in [-0.2, -0.15) is 0 Å². The van der Waals surface area contributed by atoms with Gasteiger partial charge in [0.2, 0.25) is 0 Å². The summed E-state index contributed by atoms with van der Waals surface area (Å²) in [7, 11) is 0. The van der Waals surface area contributed by atoms with Crippen molar-refractivity contribution < 1.29 is 0 Å². The molecule has 1 fully saturated rings. The van der Waals surface area contributed by atoms with E-state index in [1.165, 1.54) is 38.5 Å². The maximum Gasteiger partial charge on any atom is 0.0303 e. The topological polar surface area (TPSA) is 29.3 Å². The molecule has 0 aliphatic heterocycles. The van der Waals surface area contributed by atoms with Gasteiger partial charge in [-0.25, -0.2) is 0 Å². The van der Waals surface area contributed by atoms with Gasteiger partial charge in [-0.05, 0) is 45.7 Å². The molecule has 2 nitrogen and oxygen atoms in total. The Labute approximate surface area is 108 Å². The van der Waals surface area contributed by atoms with E-state index in [9.17, 15) is 0 Å². The Balaban J connectivity index is 2.40. The van der Waals surface area contributed by atoms with Crippen molar-refractivity contribution >= 4 is 0 Å². The molecule has 0 saturated heterocycles. The lowest BCUT2D eigenvalue weighted by atomic mass is 9.87. The van der Waals surface area contributed by atoms with Crippen LogP contribution >= 0.6 is 0 Å². The molecule has 1 atom stereocenters. The number of hydrogen-bond donors (Lipinski definition) is 1. The molecule has 102 valence electrons. The number of hydrogen-bond acceptors (Lipinski definition) is 2. The minimum atomic E-state index is 0.141. The van der Waals surface area contributed by atoms with Crippen molar-refractivity contribution in [3.63, 3.8) is 0 Å². The highest BCUT2D eigenvalue weighted by atomic mass is 15.2. The molecule has 1 rings (SSSR count). The highest BCUT2D eigenvalue weighted by molar-refractivity contribution is 4.91. The Kier molecular flexibility index (Phi) is 5.94. The lowest BCUT2D eigenvalue weighted by Crippen LogP contribution is -2.56. The maximum absolute atomic E-state index is 6.44. The Hall–Kier alpha value is -0.0800. The smallest absolute Gasteiger partial charge is 0.0303 e. The average molecular weight is 240 g/mol. The minimum absolute atomic E-state index is 0.141. The van der Waals surface area contributed by atoms with E-state index >= 15 is 0 Å². The molecule has 0 aromatic heterocycles.